The molecular formula is C14H16N2O5S2. The summed E-state index contributed by atoms with van der Waals surface area (Å²) in [4.78, 5) is 3.77. The van der Waals surface area contributed by atoms with Gasteiger partial charge in [0.05, 0.1) is 16.9 Å². The zero-order valence-electron chi connectivity index (χ0n) is 12.6. The van der Waals surface area contributed by atoms with Crippen LogP contribution in [0.15, 0.2) is 52.4 Å². The molecule has 0 aliphatic rings. The first kappa shape index (κ1) is 17.4. The summed E-state index contributed by atoms with van der Waals surface area (Å²) in [5.41, 5.74) is 0.666. The average Bonchev–Trinajstić information content (AvgIpc) is 2.52. The van der Waals surface area contributed by atoms with E-state index in [9.17, 15) is 16.8 Å². The quantitative estimate of drug-likeness (QED) is 0.827. The minimum Gasteiger partial charge on any atom is -0.481 e. The third kappa shape index (κ3) is 4.50. The van der Waals surface area contributed by atoms with Crippen LogP contribution < -0.4 is 9.46 Å². The number of sulfone groups is 1. The summed E-state index contributed by atoms with van der Waals surface area (Å²) in [5, 5.41) is 0. The Morgan fingerprint density at radius 1 is 1.09 bits per heavy atom. The molecule has 0 saturated heterocycles. The number of nitrogens with one attached hydrogen (secondary N) is 1. The van der Waals surface area contributed by atoms with E-state index in [2.05, 4.69) is 9.71 Å². The lowest BCUT2D eigenvalue weighted by atomic mass is 10.3. The second-order valence-electron chi connectivity index (χ2n) is 4.78. The van der Waals surface area contributed by atoms with Crippen LogP contribution in [0.1, 0.15) is 5.56 Å². The molecule has 0 aliphatic heterocycles. The van der Waals surface area contributed by atoms with Crippen molar-refractivity contribution in [3.63, 3.8) is 0 Å². The van der Waals surface area contributed by atoms with Gasteiger partial charge in [0.2, 0.25) is 15.9 Å². The highest BCUT2D eigenvalue weighted by atomic mass is 32.2. The number of benzene rings is 1. The van der Waals surface area contributed by atoms with Crippen molar-refractivity contribution in [3.05, 3.63) is 48.2 Å². The largest absolute Gasteiger partial charge is 0.481 e. The first-order valence-electron chi connectivity index (χ1n) is 6.51. The van der Waals surface area contributed by atoms with Crippen LogP contribution >= 0.6 is 0 Å². The first-order valence-corrected chi connectivity index (χ1v) is 9.88. The Bertz CT molecular complexity index is 908. The van der Waals surface area contributed by atoms with Gasteiger partial charge in [-0.1, -0.05) is 6.07 Å². The van der Waals surface area contributed by atoms with Gasteiger partial charge in [-0.3, -0.25) is 0 Å². The van der Waals surface area contributed by atoms with Crippen molar-refractivity contribution in [2.24, 2.45) is 0 Å². The monoisotopic (exact) mass is 356 g/mol. The number of hydrogen-bond donors (Lipinski definition) is 1. The maximum absolute atomic E-state index is 12.3. The van der Waals surface area contributed by atoms with Crippen molar-refractivity contribution in [3.8, 4) is 5.88 Å². The molecule has 7 nitrogen and oxygen atoms in total. The fraction of sp³-hybridized carbons (Fsp3) is 0.214. The number of hydrogen-bond acceptors (Lipinski definition) is 6. The summed E-state index contributed by atoms with van der Waals surface area (Å²) in [6.07, 6.45) is 2.53. The molecule has 0 fully saturated rings. The molecule has 2 rings (SSSR count). The van der Waals surface area contributed by atoms with Crippen LogP contribution in [-0.2, 0) is 26.4 Å². The van der Waals surface area contributed by atoms with Gasteiger partial charge in [-0.25, -0.2) is 26.5 Å². The molecule has 1 aromatic heterocycles. The van der Waals surface area contributed by atoms with Gasteiger partial charge in [0.25, 0.3) is 0 Å². The van der Waals surface area contributed by atoms with Crippen LogP contribution in [0.5, 0.6) is 5.88 Å². The second-order valence-corrected chi connectivity index (χ2v) is 8.56. The summed E-state index contributed by atoms with van der Waals surface area (Å²) >= 11 is 0. The van der Waals surface area contributed by atoms with Crippen LogP contribution in [0.25, 0.3) is 0 Å². The van der Waals surface area contributed by atoms with E-state index in [1.165, 1.54) is 31.5 Å². The fourth-order valence-corrected chi connectivity index (χ4v) is 3.61. The number of methoxy groups -OCH3 is 1. The Labute approximate surface area is 135 Å². The topological polar surface area (TPSA) is 102 Å². The number of sulfonamides is 1. The highest BCUT2D eigenvalue weighted by Gasteiger charge is 2.17. The molecule has 0 spiro atoms. The number of aromatic nitrogens is 1. The van der Waals surface area contributed by atoms with E-state index < -0.39 is 19.9 Å². The Morgan fingerprint density at radius 2 is 1.78 bits per heavy atom. The van der Waals surface area contributed by atoms with Crippen molar-refractivity contribution >= 4 is 19.9 Å². The van der Waals surface area contributed by atoms with E-state index in [1.54, 1.807) is 12.1 Å². The van der Waals surface area contributed by atoms with Gasteiger partial charge in [-0.05, 0) is 29.8 Å². The highest BCUT2D eigenvalue weighted by Crippen LogP contribution is 2.16. The number of ether oxygens (including phenoxy) is 1. The molecule has 9 heteroatoms. The van der Waals surface area contributed by atoms with Gasteiger partial charge in [-0.2, -0.15) is 0 Å². The third-order valence-corrected chi connectivity index (χ3v) is 5.53. The Kier molecular flexibility index (Phi) is 5.03. The fourth-order valence-electron chi connectivity index (χ4n) is 1.81. The minimum absolute atomic E-state index is 0.0321. The minimum atomic E-state index is -3.84. The summed E-state index contributed by atoms with van der Waals surface area (Å²) < 4.78 is 55.0. The maximum Gasteiger partial charge on any atom is 0.240 e. The normalized spacial score (nSPS) is 12.1. The molecule has 23 heavy (non-hydrogen) atoms. The summed E-state index contributed by atoms with van der Waals surface area (Å²) in [7, 11) is -5.85. The number of nitrogens with zero attached hydrogens (tertiary/aromatic N) is 1. The third-order valence-electron chi connectivity index (χ3n) is 3.02. The van der Waals surface area contributed by atoms with Crippen molar-refractivity contribution in [2.45, 2.75) is 16.3 Å². The second kappa shape index (κ2) is 6.65. The van der Waals surface area contributed by atoms with E-state index in [-0.39, 0.29) is 16.3 Å². The molecule has 1 aromatic carbocycles. The van der Waals surface area contributed by atoms with Crippen molar-refractivity contribution in [1.82, 2.24) is 9.71 Å². The number of pyridine rings is 1. The lowest BCUT2D eigenvalue weighted by Gasteiger charge is -2.08. The smallest absolute Gasteiger partial charge is 0.240 e. The van der Waals surface area contributed by atoms with E-state index in [0.717, 1.165) is 12.3 Å². The van der Waals surface area contributed by atoms with Gasteiger partial charge in [-0.15, -0.1) is 0 Å². The van der Waals surface area contributed by atoms with E-state index in [1.807, 2.05) is 0 Å². The van der Waals surface area contributed by atoms with Crippen LogP contribution in [0.2, 0.25) is 0 Å². The SMILES string of the molecule is COc1cc(CNS(=O)(=O)c2cccc(S(C)(=O)=O)c2)ccn1. The van der Waals surface area contributed by atoms with Crippen molar-refractivity contribution < 1.29 is 21.6 Å². The van der Waals surface area contributed by atoms with Crippen LogP contribution in [0.3, 0.4) is 0 Å². The van der Waals surface area contributed by atoms with Gasteiger partial charge >= 0.3 is 0 Å². The molecule has 1 heterocycles. The molecule has 0 bridgehead atoms. The summed E-state index contributed by atoms with van der Waals surface area (Å²) in [5.74, 6) is 0.376. The molecule has 0 unspecified atom stereocenters. The van der Waals surface area contributed by atoms with Gasteiger partial charge < -0.3 is 4.74 Å². The molecule has 2 aromatic rings. The molecule has 124 valence electrons. The predicted octanol–water partition coefficient (Wildman–Crippen LogP) is 0.972. The lowest BCUT2D eigenvalue weighted by molar-refractivity contribution is 0.397. The molecule has 1 N–H and O–H groups in total. The van der Waals surface area contributed by atoms with E-state index in [4.69, 9.17) is 4.74 Å². The van der Waals surface area contributed by atoms with Crippen LogP contribution in [-0.4, -0.2) is 35.2 Å². The molecule has 0 atom stereocenters. The van der Waals surface area contributed by atoms with Crippen molar-refractivity contribution in [1.29, 1.82) is 0 Å². The first-order chi connectivity index (χ1) is 10.7. The summed E-state index contributed by atoms with van der Waals surface area (Å²) in [6, 6.07) is 8.46. The predicted molar refractivity (Wildman–Crippen MR) is 84.4 cm³/mol. The molecule has 0 amide bonds. The van der Waals surface area contributed by atoms with Crippen molar-refractivity contribution in [2.75, 3.05) is 13.4 Å². The van der Waals surface area contributed by atoms with Gasteiger partial charge in [0.1, 0.15) is 0 Å². The van der Waals surface area contributed by atoms with Gasteiger partial charge in [0.15, 0.2) is 9.84 Å². The maximum atomic E-state index is 12.3. The van der Waals surface area contributed by atoms with Crippen LogP contribution in [0, 0.1) is 0 Å². The summed E-state index contributed by atoms with van der Waals surface area (Å²) in [6.45, 7) is 0.0321. The van der Waals surface area contributed by atoms with Crippen LogP contribution in [0.4, 0.5) is 0 Å². The highest BCUT2D eigenvalue weighted by molar-refractivity contribution is 7.91. The van der Waals surface area contributed by atoms with E-state index in [0.29, 0.717) is 11.4 Å². The molecule has 0 radical (unpaired) electrons. The van der Waals surface area contributed by atoms with Gasteiger partial charge in [0, 0.05) is 25.1 Å². The molecule has 0 saturated carbocycles. The zero-order chi connectivity index (χ0) is 17.1. The Balaban J connectivity index is 2.22. The zero-order valence-corrected chi connectivity index (χ0v) is 14.2. The number of rotatable bonds is 6. The standard InChI is InChI=1S/C14H16N2O5S2/c1-21-14-8-11(6-7-15-14)10-16-23(19,20)13-5-3-4-12(9-13)22(2,17)18/h3-9,16H,10H2,1-2H3. The van der Waals surface area contributed by atoms with E-state index >= 15 is 0 Å². The lowest BCUT2D eigenvalue weighted by Crippen LogP contribution is -2.23. The Hall–Kier alpha value is -1.97. The average molecular weight is 356 g/mol. The molecular weight excluding hydrogens is 340 g/mol. The molecule has 0 aliphatic carbocycles. The Morgan fingerprint density at radius 3 is 2.43 bits per heavy atom.